The van der Waals surface area contributed by atoms with Crippen molar-refractivity contribution in [2.75, 3.05) is 32.8 Å². The van der Waals surface area contributed by atoms with Crippen LogP contribution >= 0.6 is 11.6 Å². The number of benzene rings is 1. The van der Waals surface area contributed by atoms with Gasteiger partial charge >= 0.3 is 0 Å². The maximum absolute atomic E-state index is 12.2. The van der Waals surface area contributed by atoms with Gasteiger partial charge in [-0.2, -0.15) is 0 Å². The van der Waals surface area contributed by atoms with Crippen molar-refractivity contribution in [2.24, 2.45) is 0 Å². The Balaban J connectivity index is 1.81. The van der Waals surface area contributed by atoms with Crippen LogP contribution in [0.5, 0.6) is 5.75 Å². The standard InChI is InChI=1S/C16H23ClN2O2/c1-13(2)18-8-3-9-19(11-10-18)16(20)12-21-15-6-4-14(17)5-7-15/h4-7,13H,3,8-12H2,1-2H3. The van der Waals surface area contributed by atoms with Crippen molar-refractivity contribution >= 4 is 17.5 Å². The molecule has 0 unspecified atom stereocenters. The molecule has 2 rings (SSSR count). The lowest BCUT2D eigenvalue weighted by atomic mass is 10.3. The topological polar surface area (TPSA) is 32.8 Å². The van der Waals surface area contributed by atoms with Gasteiger partial charge in [0, 0.05) is 37.2 Å². The molecule has 1 aromatic rings. The number of rotatable bonds is 4. The van der Waals surface area contributed by atoms with E-state index < -0.39 is 0 Å². The van der Waals surface area contributed by atoms with Gasteiger partial charge < -0.3 is 9.64 Å². The van der Waals surface area contributed by atoms with E-state index in [0.29, 0.717) is 16.8 Å². The van der Waals surface area contributed by atoms with Gasteiger partial charge in [-0.25, -0.2) is 0 Å². The molecule has 0 bridgehead atoms. The van der Waals surface area contributed by atoms with Crippen molar-refractivity contribution in [2.45, 2.75) is 26.3 Å². The van der Waals surface area contributed by atoms with Gasteiger partial charge in [0.05, 0.1) is 0 Å². The smallest absolute Gasteiger partial charge is 0.260 e. The summed E-state index contributed by atoms with van der Waals surface area (Å²) in [6, 6.07) is 7.60. The number of hydrogen-bond acceptors (Lipinski definition) is 3. The van der Waals surface area contributed by atoms with Gasteiger partial charge in [0.2, 0.25) is 0 Å². The third-order valence-electron chi connectivity index (χ3n) is 3.79. The van der Waals surface area contributed by atoms with E-state index in [4.69, 9.17) is 16.3 Å². The predicted octanol–water partition coefficient (Wildman–Crippen LogP) is 2.66. The SMILES string of the molecule is CC(C)N1CCCN(C(=O)COc2ccc(Cl)cc2)CC1. The molecule has 1 fully saturated rings. The summed E-state index contributed by atoms with van der Waals surface area (Å²) in [5, 5.41) is 0.662. The van der Waals surface area contributed by atoms with Crippen LogP contribution in [0.25, 0.3) is 0 Å². The molecular weight excluding hydrogens is 288 g/mol. The maximum atomic E-state index is 12.2. The Hall–Kier alpha value is -1.26. The third kappa shape index (κ3) is 4.90. The highest BCUT2D eigenvalue weighted by Crippen LogP contribution is 2.15. The molecule has 1 aromatic carbocycles. The second-order valence-corrected chi connectivity index (χ2v) is 6.04. The number of carbonyl (C=O) groups excluding carboxylic acids is 1. The highest BCUT2D eigenvalue weighted by atomic mass is 35.5. The lowest BCUT2D eigenvalue weighted by Gasteiger charge is -2.24. The van der Waals surface area contributed by atoms with Crippen LogP contribution < -0.4 is 4.74 Å². The molecule has 1 aliphatic rings. The molecular formula is C16H23ClN2O2. The van der Waals surface area contributed by atoms with Gasteiger partial charge in [-0.05, 0) is 44.5 Å². The quantitative estimate of drug-likeness (QED) is 0.857. The zero-order chi connectivity index (χ0) is 15.2. The van der Waals surface area contributed by atoms with Gasteiger partial charge in [-0.15, -0.1) is 0 Å². The van der Waals surface area contributed by atoms with E-state index >= 15 is 0 Å². The van der Waals surface area contributed by atoms with E-state index in [1.807, 2.05) is 4.90 Å². The number of halogens is 1. The van der Waals surface area contributed by atoms with Gasteiger partial charge in [0.1, 0.15) is 5.75 Å². The van der Waals surface area contributed by atoms with Crippen LogP contribution in [0.4, 0.5) is 0 Å². The molecule has 0 spiro atoms. The van der Waals surface area contributed by atoms with E-state index in [2.05, 4.69) is 18.7 Å². The Kier molecular flexibility index (Phi) is 5.88. The Morgan fingerprint density at radius 1 is 1.19 bits per heavy atom. The number of amides is 1. The van der Waals surface area contributed by atoms with Crippen LogP contribution in [0.1, 0.15) is 20.3 Å². The number of carbonyl (C=O) groups is 1. The zero-order valence-electron chi connectivity index (χ0n) is 12.7. The lowest BCUT2D eigenvalue weighted by molar-refractivity contribution is -0.133. The molecule has 1 heterocycles. The first-order valence-corrected chi connectivity index (χ1v) is 7.84. The lowest BCUT2D eigenvalue weighted by Crippen LogP contribution is -2.39. The number of nitrogens with zero attached hydrogens (tertiary/aromatic N) is 2. The fraction of sp³-hybridized carbons (Fsp3) is 0.562. The predicted molar refractivity (Wildman–Crippen MR) is 84.9 cm³/mol. The summed E-state index contributed by atoms with van der Waals surface area (Å²) in [5.41, 5.74) is 0. The average molecular weight is 311 g/mol. The third-order valence-corrected chi connectivity index (χ3v) is 4.04. The van der Waals surface area contributed by atoms with Gasteiger partial charge in [0.25, 0.3) is 5.91 Å². The molecule has 4 nitrogen and oxygen atoms in total. The van der Waals surface area contributed by atoms with E-state index in [-0.39, 0.29) is 12.5 Å². The van der Waals surface area contributed by atoms with E-state index in [1.54, 1.807) is 24.3 Å². The number of ether oxygens (including phenoxy) is 1. The second-order valence-electron chi connectivity index (χ2n) is 5.61. The molecule has 21 heavy (non-hydrogen) atoms. The van der Waals surface area contributed by atoms with E-state index in [1.165, 1.54) is 0 Å². The summed E-state index contributed by atoms with van der Waals surface area (Å²) in [6.45, 7) is 8.06. The highest BCUT2D eigenvalue weighted by Gasteiger charge is 2.20. The molecule has 0 saturated carbocycles. The molecule has 1 aliphatic heterocycles. The minimum atomic E-state index is 0.0514. The van der Waals surface area contributed by atoms with E-state index in [0.717, 1.165) is 32.6 Å². The molecule has 0 radical (unpaired) electrons. The molecule has 5 heteroatoms. The summed E-state index contributed by atoms with van der Waals surface area (Å²) < 4.78 is 5.53. The zero-order valence-corrected chi connectivity index (χ0v) is 13.5. The van der Waals surface area contributed by atoms with Crippen molar-refractivity contribution in [1.82, 2.24) is 9.80 Å². The van der Waals surface area contributed by atoms with Gasteiger partial charge in [-0.1, -0.05) is 11.6 Å². The van der Waals surface area contributed by atoms with Crippen LogP contribution in [-0.2, 0) is 4.79 Å². The molecule has 1 saturated heterocycles. The first-order chi connectivity index (χ1) is 10.1. The highest BCUT2D eigenvalue weighted by molar-refractivity contribution is 6.30. The minimum absolute atomic E-state index is 0.0514. The largest absolute Gasteiger partial charge is 0.484 e. The monoisotopic (exact) mass is 310 g/mol. The van der Waals surface area contributed by atoms with Crippen LogP contribution in [0.2, 0.25) is 5.02 Å². The molecule has 0 N–H and O–H groups in total. The summed E-state index contributed by atoms with van der Waals surface area (Å²) in [6.07, 6.45) is 1.02. The maximum Gasteiger partial charge on any atom is 0.260 e. The van der Waals surface area contributed by atoms with Gasteiger partial charge in [0.15, 0.2) is 6.61 Å². The fourth-order valence-electron chi connectivity index (χ4n) is 2.47. The minimum Gasteiger partial charge on any atom is -0.484 e. The molecule has 0 aliphatic carbocycles. The second kappa shape index (κ2) is 7.66. The summed E-state index contributed by atoms with van der Waals surface area (Å²) in [5.74, 6) is 0.724. The van der Waals surface area contributed by atoms with Crippen LogP contribution in [0.3, 0.4) is 0 Å². The van der Waals surface area contributed by atoms with Crippen molar-refractivity contribution in [3.05, 3.63) is 29.3 Å². The Morgan fingerprint density at radius 3 is 2.57 bits per heavy atom. The van der Waals surface area contributed by atoms with Crippen molar-refractivity contribution in [1.29, 1.82) is 0 Å². The molecule has 116 valence electrons. The van der Waals surface area contributed by atoms with Crippen molar-refractivity contribution in [3.8, 4) is 5.75 Å². The first-order valence-electron chi connectivity index (χ1n) is 7.46. The van der Waals surface area contributed by atoms with E-state index in [9.17, 15) is 4.79 Å². The van der Waals surface area contributed by atoms with Gasteiger partial charge in [-0.3, -0.25) is 9.69 Å². The van der Waals surface area contributed by atoms with Crippen LogP contribution in [0.15, 0.2) is 24.3 Å². The van der Waals surface area contributed by atoms with Crippen LogP contribution in [-0.4, -0.2) is 54.5 Å². The summed E-state index contributed by atoms with van der Waals surface area (Å²) in [4.78, 5) is 16.5. The summed E-state index contributed by atoms with van der Waals surface area (Å²) >= 11 is 5.82. The first kappa shape index (κ1) is 16.1. The number of hydrogen-bond donors (Lipinski definition) is 0. The average Bonchev–Trinajstić information content (AvgIpc) is 2.72. The van der Waals surface area contributed by atoms with Crippen molar-refractivity contribution in [3.63, 3.8) is 0 Å². The molecule has 0 aromatic heterocycles. The molecule has 1 amide bonds. The Labute approximate surface area is 131 Å². The molecule has 0 atom stereocenters. The van der Waals surface area contributed by atoms with Crippen LogP contribution in [0, 0.1) is 0 Å². The Morgan fingerprint density at radius 2 is 1.90 bits per heavy atom. The fourth-order valence-corrected chi connectivity index (χ4v) is 2.60. The Bertz CT molecular complexity index is 462. The van der Waals surface area contributed by atoms with Crippen molar-refractivity contribution < 1.29 is 9.53 Å². The normalized spacial score (nSPS) is 16.9. The summed E-state index contributed by atoms with van der Waals surface area (Å²) in [7, 11) is 0.